The molecule has 2 fully saturated rings. The maximum atomic E-state index is 6.00. The summed E-state index contributed by atoms with van der Waals surface area (Å²) in [6.45, 7) is 1.64. The molecule has 15 heavy (non-hydrogen) atoms. The highest BCUT2D eigenvalue weighted by atomic mass is 16.5. The van der Waals surface area contributed by atoms with Gasteiger partial charge in [-0.15, -0.1) is 0 Å². The Morgan fingerprint density at radius 1 is 1.33 bits per heavy atom. The Morgan fingerprint density at radius 2 is 2.07 bits per heavy atom. The lowest BCUT2D eigenvalue weighted by atomic mass is 10.2. The zero-order chi connectivity index (χ0) is 10.7. The third-order valence-electron chi connectivity index (χ3n) is 3.45. The van der Waals surface area contributed by atoms with Gasteiger partial charge in [0.1, 0.15) is 0 Å². The highest BCUT2D eigenvalue weighted by Crippen LogP contribution is 2.21. The second kappa shape index (κ2) is 4.84. The van der Waals surface area contributed by atoms with Crippen LogP contribution in [0.3, 0.4) is 0 Å². The van der Waals surface area contributed by atoms with Crippen LogP contribution in [-0.2, 0) is 4.74 Å². The van der Waals surface area contributed by atoms with Gasteiger partial charge in [0.2, 0.25) is 0 Å². The quantitative estimate of drug-likeness (QED) is 0.547. The molecule has 1 saturated carbocycles. The van der Waals surface area contributed by atoms with Crippen LogP contribution in [0.15, 0.2) is 4.99 Å². The average Bonchev–Trinajstić information content (AvgIpc) is 2.88. The van der Waals surface area contributed by atoms with Crippen molar-refractivity contribution in [3.63, 3.8) is 0 Å². The molecule has 0 amide bonds. The van der Waals surface area contributed by atoms with Crippen molar-refractivity contribution in [2.24, 2.45) is 10.7 Å². The fourth-order valence-electron chi connectivity index (χ4n) is 2.33. The lowest BCUT2D eigenvalue weighted by Crippen LogP contribution is -2.42. The van der Waals surface area contributed by atoms with Crippen LogP contribution in [-0.4, -0.2) is 43.2 Å². The second-order valence-electron chi connectivity index (χ2n) is 4.55. The molecule has 2 N–H and O–H groups in total. The number of hydrogen-bond donors (Lipinski definition) is 1. The average molecular weight is 211 g/mol. The number of nitrogens with zero attached hydrogens (tertiary/aromatic N) is 2. The van der Waals surface area contributed by atoms with Crippen LogP contribution in [0, 0.1) is 0 Å². The number of guanidine groups is 1. The highest BCUT2D eigenvalue weighted by molar-refractivity contribution is 5.78. The summed E-state index contributed by atoms with van der Waals surface area (Å²) in [5.74, 6) is 0.692. The van der Waals surface area contributed by atoms with Crippen LogP contribution in [0.5, 0.6) is 0 Å². The van der Waals surface area contributed by atoms with Crippen LogP contribution < -0.4 is 5.73 Å². The summed E-state index contributed by atoms with van der Waals surface area (Å²) in [4.78, 5) is 6.66. The highest BCUT2D eigenvalue weighted by Gasteiger charge is 2.22. The fraction of sp³-hybridized carbons (Fsp3) is 0.909. The summed E-state index contributed by atoms with van der Waals surface area (Å²) in [5.41, 5.74) is 6.00. The van der Waals surface area contributed by atoms with E-state index in [0.717, 1.165) is 19.6 Å². The van der Waals surface area contributed by atoms with Gasteiger partial charge in [-0.2, -0.15) is 0 Å². The van der Waals surface area contributed by atoms with Crippen LogP contribution in [0.2, 0.25) is 0 Å². The molecular weight excluding hydrogens is 190 g/mol. The van der Waals surface area contributed by atoms with Crippen LogP contribution in [0.4, 0.5) is 0 Å². The SMILES string of the molecule is CN(C(N)=NC1CCCC1)C1CCOC1. The number of ether oxygens (including phenoxy) is 1. The zero-order valence-corrected chi connectivity index (χ0v) is 9.48. The van der Waals surface area contributed by atoms with Gasteiger partial charge >= 0.3 is 0 Å². The van der Waals surface area contributed by atoms with Crippen molar-refractivity contribution in [1.82, 2.24) is 4.90 Å². The molecule has 4 heteroatoms. The second-order valence-corrected chi connectivity index (χ2v) is 4.55. The van der Waals surface area contributed by atoms with E-state index in [0.29, 0.717) is 18.0 Å². The molecule has 0 spiro atoms. The predicted molar refractivity (Wildman–Crippen MR) is 60.9 cm³/mol. The van der Waals surface area contributed by atoms with Crippen molar-refractivity contribution in [3.05, 3.63) is 0 Å². The van der Waals surface area contributed by atoms with E-state index in [9.17, 15) is 0 Å². The molecule has 2 aliphatic rings. The third kappa shape index (κ3) is 2.62. The van der Waals surface area contributed by atoms with Crippen molar-refractivity contribution in [2.45, 2.75) is 44.2 Å². The minimum Gasteiger partial charge on any atom is -0.379 e. The van der Waals surface area contributed by atoms with E-state index in [4.69, 9.17) is 10.5 Å². The van der Waals surface area contributed by atoms with Crippen LogP contribution in [0.1, 0.15) is 32.1 Å². The van der Waals surface area contributed by atoms with Crippen LogP contribution >= 0.6 is 0 Å². The van der Waals surface area contributed by atoms with E-state index in [1.807, 2.05) is 7.05 Å². The molecule has 0 aromatic carbocycles. The number of rotatable bonds is 2. The zero-order valence-electron chi connectivity index (χ0n) is 9.48. The van der Waals surface area contributed by atoms with Gasteiger partial charge in [0.25, 0.3) is 0 Å². The molecule has 2 rings (SSSR count). The van der Waals surface area contributed by atoms with E-state index in [2.05, 4.69) is 9.89 Å². The Labute approximate surface area is 91.5 Å². The molecule has 1 aliphatic carbocycles. The molecule has 1 heterocycles. The minimum absolute atomic E-state index is 0.426. The summed E-state index contributed by atoms with van der Waals surface area (Å²) in [6, 6.07) is 0.893. The first kappa shape index (κ1) is 10.7. The largest absolute Gasteiger partial charge is 0.379 e. The first-order chi connectivity index (χ1) is 7.27. The van der Waals surface area contributed by atoms with Crippen molar-refractivity contribution < 1.29 is 4.74 Å². The summed E-state index contributed by atoms with van der Waals surface area (Å²) in [5, 5.41) is 0. The van der Waals surface area contributed by atoms with Gasteiger partial charge in [-0.1, -0.05) is 12.8 Å². The molecule has 0 aromatic rings. The summed E-state index contributed by atoms with van der Waals surface area (Å²) in [6.07, 6.45) is 6.08. The van der Waals surface area contributed by atoms with Crippen molar-refractivity contribution in [2.75, 3.05) is 20.3 Å². The van der Waals surface area contributed by atoms with E-state index >= 15 is 0 Å². The van der Waals surface area contributed by atoms with Crippen LogP contribution in [0.25, 0.3) is 0 Å². The minimum atomic E-state index is 0.426. The lowest BCUT2D eigenvalue weighted by molar-refractivity contribution is 0.179. The first-order valence-electron chi connectivity index (χ1n) is 5.91. The molecule has 1 unspecified atom stereocenters. The normalized spacial score (nSPS) is 28.6. The molecule has 0 bridgehead atoms. The van der Waals surface area contributed by atoms with E-state index in [1.165, 1.54) is 25.7 Å². The van der Waals surface area contributed by atoms with Gasteiger partial charge in [-0.3, -0.25) is 0 Å². The summed E-state index contributed by atoms with van der Waals surface area (Å²) in [7, 11) is 2.02. The molecule has 1 aliphatic heterocycles. The standard InChI is InChI=1S/C11H21N3O/c1-14(10-6-7-15-8-10)11(12)13-9-4-2-3-5-9/h9-10H,2-8H2,1H3,(H2,12,13). The molecule has 1 saturated heterocycles. The lowest BCUT2D eigenvalue weighted by Gasteiger charge is -2.24. The predicted octanol–water partition coefficient (Wildman–Crippen LogP) is 0.964. The Kier molecular flexibility index (Phi) is 3.46. The Bertz CT molecular complexity index is 230. The Hall–Kier alpha value is -0.770. The van der Waals surface area contributed by atoms with Crippen molar-refractivity contribution >= 4 is 5.96 Å². The van der Waals surface area contributed by atoms with Gasteiger partial charge in [0.05, 0.1) is 18.7 Å². The topological polar surface area (TPSA) is 50.8 Å². The first-order valence-corrected chi connectivity index (χ1v) is 5.91. The molecule has 4 nitrogen and oxygen atoms in total. The maximum Gasteiger partial charge on any atom is 0.191 e. The summed E-state index contributed by atoms with van der Waals surface area (Å²) >= 11 is 0. The number of nitrogens with two attached hydrogens (primary N) is 1. The fourth-order valence-corrected chi connectivity index (χ4v) is 2.33. The maximum absolute atomic E-state index is 6.00. The molecule has 1 atom stereocenters. The Balaban J connectivity index is 1.89. The molecule has 86 valence electrons. The Morgan fingerprint density at radius 3 is 2.67 bits per heavy atom. The van der Waals surface area contributed by atoms with E-state index in [-0.39, 0.29) is 0 Å². The van der Waals surface area contributed by atoms with Gasteiger partial charge in [0.15, 0.2) is 5.96 Å². The van der Waals surface area contributed by atoms with E-state index < -0.39 is 0 Å². The number of aliphatic imine (C=N–C) groups is 1. The monoisotopic (exact) mass is 211 g/mol. The van der Waals surface area contributed by atoms with Gasteiger partial charge in [-0.05, 0) is 19.3 Å². The van der Waals surface area contributed by atoms with Crippen molar-refractivity contribution in [3.8, 4) is 0 Å². The molecular formula is C11H21N3O. The number of likely N-dealkylation sites (N-methyl/N-ethyl adjacent to an activating group) is 1. The van der Waals surface area contributed by atoms with Gasteiger partial charge < -0.3 is 15.4 Å². The molecule has 0 radical (unpaired) electrons. The van der Waals surface area contributed by atoms with Crippen molar-refractivity contribution in [1.29, 1.82) is 0 Å². The molecule has 0 aromatic heterocycles. The van der Waals surface area contributed by atoms with Gasteiger partial charge in [0, 0.05) is 13.7 Å². The van der Waals surface area contributed by atoms with Gasteiger partial charge in [-0.25, -0.2) is 4.99 Å². The summed E-state index contributed by atoms with van der Waals surface area (Å²) < 4.78 is 5.35. The number of hydrogen-bond acceptors (Lipinski definition) is 2. The van der Waals surface area contributed by atoms with E-state index in [1.54, 1.807) is 0 Å². The smallest absolute Gasteiger partial charge is 0.191 e. The third-order valence-corrected chi connectivity index (χ3v) is 3.45.